The van der Waals surface area contributed by atoms with Gasteiger partial charge in [-0.1, -0.05) is 19.1 Å². The minimum atomic E-state index is -0.701. The molecular weight excluding hydrogens is 222 g/mol. The average Bonchev–Trinajstić information content (AvgIpc) is 2.30. The van der Waals surface area contributed by atoms with Crippen LogP contribution in [0, 0.1) is 0 Å². The van der Waals surface area contributed by atoms with Gasteiger partial charge < -0.3 is 15.9 Å². The van der Waals surface area contributed by atoms with Crippen molar-refractivity contribution in [3.63, 3.8) is 0 Å². The Hall–Kier alpha value is -0.550. The Bertz CT molecular complexity index is 302. The molecule has 2 atom stereocenters. The maximum absolute atomic E-state index is 9.90. The molecule has 0 saturated carbocycles. The third kappa shape index (κ3) is 3.79. The van der Waals surface area contributed by atoms with Gasteiger partial charge in [-0.3, -0.25) is 0 Å². The third-order valence-electron chi connectivity index (χ3n) is 2.40. The molecule has 4 heteroatoms. The van der Waals surface area contributed by atoms with Crippen LogP contribution in [0.25, 0.3) is 0 Å². The van der Waals surface area contributed by atoms with Crippen molar-refractivity contribution in [1.82, 2.24) is 0 Å². The van der Waals surface area contributed by atoms with Crippen molar-refractivity contribution in [1.29, 1.82) is 0 Å². The summed E-state index contributed by atoms with van der Waals surface area (Å²) in [6, 6.07) is 7.34. The first-order chi connectivity index (χ1) is 7.69. The third-order valence-corrected chi connectivity index (χ3v) is 3.29. The molecule has 0 amide bonds. The summed E-state index contributed by atoms with van der Waals surface area (Å²) in [4.78, 5) is 1.19. The van der Waals surface area contributed by atoms with Crippen molar-refractivity contribution in [3.8, 4) is 0 Å². The zero-order valence-corrected chi connectivity index (χ0v) is 10.3. The Balaban J connectivity index is 2.65. The van der Waals surface area contributed by atoms with Crippen LogP contribution in [-0.2, 0) is 0 Å². The van der Waals surface area contributed by atoms with Gasteiger partial charge in [0.25, 0.3) is 0 Å². The van der Waals surface area contributed by atoms with E-state index in [0.717, 1.165) is 11.3 Å². The number of hydrogen-bond donors (Lipinski definition) is 3. The number of nitrogens with two attached hydrogens (primary N) is 1. The van der Waals surface area contributed by atoms with E-state index in [0.29, 0.717) is 6.42 Å². The number of aliphatic hydroxyl groups excluding tert-OH is 2. The zero-order valence-electron chi connectivity index (χ0n) is 9.47. The van der Waals surface area contributed by atoms with Crippen molar-refractivity contribution in [2.45, 2.75) is 30.4 Å². The molecule has 0 fully saturated rings. The van der Waals surface area contributed by atoms with Crippen LogP contribution in [0.5, 0.6) is 0 Å². The number of rotatable bonds is 6. The summed E-state index contributed by atoms with van der Waals surface area (Å²) < 4.78 is 0. The largest absolute Gasteiger partial charge is 0.396 e. The summed E-state index contributed by atoms with van der Waals surface area (Å²) in [6.45, 7) is 2.10. The number of aliphatic hydroxyl groups is 2. The topological polar surface area (TPSA) is 66.5 Å². The molecule has 0 aromatic heterocycles. The Labute approximate surface area is 101 Å². The lowest BCUT2D eigenvalue weighted by atomic mass is 10.0. The van der Waals surface area contributed by atoms with Gasteiger partial charge in [0.1, 0.15) is 0 Å². The van der Waals surface area contributed by atoms with E-state index in [9.17, 15) is 5.11 Å². The molecule has 4 N–H and O–H groups in total. The van der Waals surface area contributed by atoms with Crippen molar-refractivity contribution in [2.75, 3.05) is 12.4 Å². The fourth-order valence-corrected chi connectivity index (χ4v) is 2.14. The number of thioether (sulfide) groups is 1. The standard InChI is InChI=1S/C12H19NO2S/c1-2-16-10-5-3-9(4-6-10)12(15)11(13)7-8-14/h3-6,11-12,14-15H,2,7-8,13H2,1H3. The Morgan fingerprint density at radius 1 is 1.31 bits per heavy atom. The quantitative estimate of drug-likeness (QED) is 0.661. The lowest BCUT2D eigenvalue weighted by Crippen LogP contribution is -2.29. The van der Waals surface area contributed by atoms with E-state index in [1.165, 1.54) is 4.90 Å². The molecule has 1 aromatic rings. The van der Waals surface area contributed by atoms with Crippen molar-refractivity contribution in [3.05, 3.63) is 29.8 Å². The molecule has 16 heavy (non-hydrogen) atoms. The van der Waals surface area contributed by atoms with Crippen LogP contribution < -0.4 is 5.73 Å². The van der Waals surface area contributed by atoms with Gasteiger partial charge in [0.05, 0.1) is 6.10 Å². The molecule has 90 valence electrons. The Morgan fingerprint density at radius 3 is 2.44 bits per heavy atom. The highest BCUT2D eigenvalue weighted by Gasteiger charge is 2.15. The highest BCUT2D eigenvalue weighted by atomic mass is 32.2. The normalized spacial score (nSPS) is 14.8. The maximum atomic E-state index is 9.90. The second-order valence-electron chi connectivity index (χ2n) is 3.62. The number of hydrogen-bond acceptors (Lipinski definition) is 4. The minimum Gasteiger partial charge on any atom is -0.396 e. The second kappa shape index (κ2) is 6.91. The van der Waals surface area contributed by atoms with E-state index in [4.69, 9.17) is 10.8 Å². The molecule has 2 unspecified atom stereocenters. The molecule has 0 aliphatic heterocycles. The molecule has 1 rings (SSSR count). The summed E-state index contributed by atoms with van der Waals surface area (Å²) in [5.74, 6) is 1.03. The van der Waals surface area contributed by atoms with E-state index in [1.54, 1.807) is 11.8 Å². The van der Waals surface area contributed by atoms with Gasteiger partial charge in [-0.05, 0) is 29.9 Å². The molecular formula is C12H19NO2S. The molecule has 0 aliphatic rings. The summed E-state index contributed by atoms with van der Waals surface area (Å²) in [5.41, 5.74) is 6.55. The number of benzene rings is 1. The highest BCUT2D eigenvalue weighted by molar-refractivity contribution is 7.99. The summed E-state index contributed by atoms with van der Waals surface area (Å²) in [5, 5.41) is 18.7. The van der Waals surface area contributed by atoms with Gasteiger partial charge in [0, 0.05) is 17.5 Å². The van der Waals surface area contributed by atoms with Crippen molar-refractivity contribution >= 4 is 11.8 Å². The average molecular weight is 241 g/mol. The fourth-order valence-electron chi connectivity index (χ4n) is 1.48. The van der Waals surface area contributed by atoms with E-state index >= 15 is 0 Å². The van der Waals surface area contributed by atoms with E-state index in [-0.39, 0.29) is 6.61 Å². The highest BCUT2D eigenvalue weighted by Crippen LogP contribution is 2.22. The predicted octanol–water partition coefficient (Wildman–Crippen LogP) is 1.54. The molecule has 0 heterocycles. The molecule has 0 aliphatic carbocycles. The monoisotopic (exact) mass is 241 g/mol. The van der Waals surface area contributed by atoms with Crippen LogP contribution in [-0.4, -0.2) is 28.6 Å². The first-order valence-corrected chi connectivity index (χ1v) is 6.44. The lowest BCUT2D eigenvalue weighted by Gasteiger charge is -2.18. The van der Waals surface area contributed by atoms with Crippen LogP contribution in [0.1, 0.15) is 25.0 Å². The summed E-state index contributed by atoms with van der Waals surface area (Å²) in [7, 11) is 0. The Morgan fingerprint density at radius 2 is 1.94 bits per heavy atom. The first kappa shape index (κ1) is 13.5. The van der Waals surface area contributed by atoms with Crippen LogP contribution in [0.3, 0.4) is 0 Å². The second-order valence-corrected chi connectivity index (χ2v) is 4.96. The molecule has 1 aromatic carbocycles. The van der Waals surface area contributed by atoms with Gasteiger partial charge in [0.2, 0.25) is 0 Å². The van der Waals surface area contributed by atoms with E-state index < -0.39 is 12.1 Å². The summed E-state index contributed by atoms with van der Waals surface area (Å²) in [6.07, 6.45) is -0.292. The summed E-state index contributed by atoms with van der Waals surface area (Å²) >= 11 is 1.76. The fraction of sp³-hybridized carbons (Fsp3) is 0.500. The van der Waals surface area contributed by atoms with Gasteiger partial charge in [-0.2, -0.15) is 0 Å². The van der Waals surface area contributed by atoms with Crippen molar-refractivity contribution in [2.24, 2.45) is 5.73 Å². The molecule has 0 radical (unpaired) electrons. The Kier molecular flexibility index (Phi) is 5.84. The minimum absolute atomic E-state index is 0.00198. The molecule has 0 saturated heterocycles. The SMILES string of the molecule is CCSc1ccc(C(O)C(N)CCO)cc1. The van der Waals surface area contributed by atoms with E-state index in [1.807, 2.05) is 24.3 Å². The van der Waals surface area contributed by atoms with Gasteiger partial charge in [-0.25, -0.2) is 0 Å². The van der Waals surface area contributed by atoms with Crippen LogP contribution >= 0.6 is 11.8 Å². The van der Waals surface area contributed by atoms with E-state index in [2.05, 4.69) is 6.92 Å². The molecule has 3 nitrogen and oxygen atoms in total. The molecule has 0 bridgehead atoms. The maximum Gasteiger partial charge on any atom is 0.0941 e. The lowest BCUT2D eigenvalue weighted by molar-refractivity contribution is 0.129. The zero-order chi connectivity index (χ0) is 12.0. The first-order valence-electron chi connectivity index (χ1n) is 5.46. The van der Waals surface area contributed by atoms with Crippen LogP contribution in [0.4, 0.5) is 0 Å². The van der Waals surface area contributed by atoms with Crippen molar-refractivity contribution < 1.29 is 10.2 Å². The van der Waals surface area contributed by atoms with Gasteiger partial charge in [-0.15, -0.1) is 11.8 Å². The van der Waals surface area contributed by atoms with Gasteiger partial charge in [0.15, 0.2) is 0 Å². The smallest absolute Gasteiger partial charge is 0.0941 e. The molecule has 0 spiro atoms. The van der Waals surface area contributed by atoms with Gasteiger partial charge >= 0.3 is 0 Å². The van der Waals surface area contributed by atoms with Crippen LogP contribution in [0.2, 0.25) is 0 Å². The van der Waals surface area contributed by atoms with Crippen LogP contribution in [0.15, 0.2) is 29.2 Å². The predicted molar refractivity (Wildman–Crippen MR) is 67.5 cm³/mol.